The molecule has 0 bridgehead atoms. The lowest BCUT2D eigenvalue weighted by atomic mass is 10.2. The molecule has 0 spiro atoms. The van der Waals surface area contributed by atoms with Crippen LogP contribution in [0.2, 0.25) is 0 Å². The van der Waals surface area contributed by atoms with E-state index in [1.807, 2.05) is 24.3 Å². The third-order valence-corrected chi connectivity index (χ3v) is 3.58. The van der Waals surface area contributed by atoms with Crippen LogP contribution in [0.25, 0.3) is 0 Å². The van der Waals surface area contributed by atoms with Gasteiger partial charge in [0, 0.05) is 30.9 Å². The summed E-state index contributed by atoms with van der Waals surface area (Å²) in [7, 11) is 0. The minimum Gasteiger partial charge on any atom is -0.374 e. The predicted octanol–water partition coefficient (Wildman–Crippen LogP) is 1.46. The van der Waals surface area contributed by atoms with E-state index in [2.05, 4.69) is 16.0 Å². The second kappa shape index (κ2) is 7.62. The molecule has 2 rings (SSSR count). The normalized spacial score (nSPS) is 15.2. The lowest BCUT2D eigenvalue weighted by molar-refractivity contribution is -0.120. The summed E-state index contributed by atoms with van der Waals surface area (Å²) in [5.74, 6) is -0.303. The number of nitrogens with zero attached hydrogens (tertiary/aromatic N) is 1. The minimum absolute atomic E-state index is 0.115. The molecule has 0 aromatic heterocycles. The molecule has 0 aliphatic carbocycles. The highest BCUT2D eigenvalue weighted by atomic mass is 16.2. The van der Waals surface area contributed by atoms with E-state index in [0.29, 0.717) is 13.0 Å². The van der Waals surface area contributed by atoms with Crippen LogP contribution in [-0.2, 0) is 9.59 Å². The SMILES string of the molecule is CCNC(=O)NC(=O)C(C)Nc1cccc(N2CCCC2=O)c1. The second-order valence-corrected chi connectivity index (χ2v) is 5.41. The summed E-state index contributed by atoms with van der Waals surface area (Å²) in [5.41, 5.74) is 1.54. The van der Waals surface area contributed by atoms with E-state index in [1.54, 1.807) is 18.7 Å². The van der Waals surface area contributed by atoms with Gasteiger partial charge < -0.3 is 15.5 Å². The van der Waals surface area contributed by atoms with Crippen LogP contribution in [0.1, 0.15) is 26.7 Å². The number of nitrogens with one attached hydrogen (secondary N) is 3. The third-order valence-electron chi connectivity index (χ3n) is 3.58. The van der Waals surface area contributed by atoms with Gasteiger partial charge >= 0.3 is 6.03 Å². The zero-order valence-corrected chi connectivity index (χ0v) is 13.4. The summed E-state index contributed by atoms with van der Waals surface area (Å²) in [6.07, 6.45) is 1.44. The number of hydrogen-bond acceptors (Lipinski definition) is 4. The quantitative estimate of drug-likeness (QED) is 0.766. The monoisotopic (exact) mass is 318 g/mol. The van der Waals surface area contributed by atoms with Crippen molar-refractivity contribution >= 4 is 29.2 Å². The van der Waals surface area contributed by atoms with Crippen molar-refractivity contribution in [3.63, 3.8) is 0 Å². The topological polar surface area (TPSA) is 90.5 Å². The smallest absolute Gasteiger partial charge is 0.321 e. The maximum atomic E-state index is 11.9. The number of carbonyl (C=O) groups excluding carboxylic acids is 3. The Balaban J connectivity index is 1.98. The molecular weight excluding hydrogens is 296 g/mol. The van der Waals surface area contributed by atoms with E-state index in [1.165, 1.54) is 0 Å². The first-order valence-electron chi connectivity index (χ1n) is 7.77. The van der Waals surface area contributed by atoms with Crippen molar-refractivity contribution in [1.29, 1.82) is 0 Å². The number of imide groups is 1. The van der Waals surface area contributed by atoms with Gasteiger partial charge in [0.25, 0.3) is 0 Å². The molecule has 1 aliphatic heterocycles. The number of anilines is 2. The molecule has 1 saturated heterocycles. The average Bonchev–Trinajstić information content (AvgIpc) is 2.93. The van der Waals surface area contributed by atoms with Crippen molar-refractivity contribution in [3.8, 4) is 0 Å². The van der Waals surface area contributed by atoms with Gasteiger partial charge in [-0.2, -0.15) is 0 Å². The molecule has 1 unspecified atom stereocenters. The Kier molecular flexibility index (Phi) is 5.56. The zero-order chi connectivity index (χ0) is 16.8. The lowest BCUT2D eigenvalue weighted by Gasteiger charge is -2.19. The number of amides is 4. The second-order valence-electron chi connectivity index (χ2n) is 5.41. The van der Waals surface area contributed by atoms with E-state index in [-0.39, 0.29) is 5.91 Å². The Labute approximate surface area is 135 Å². The fourth-order valence-electron chi connectivity index (χ4n) is 2.43. The van der Waals surface area contributed by atoms with Gasteiger partial charge in [0.05, 0.1) is 0 Å². The third kappa shape index (κ3) is 4.45. The van der Waals surface area contributed by atoms with E-state index >= 15 is 0 Å². The van der Waals surface area contributed by atoms with Gasteiger partial charge in [0.2, 0.25) is 11.8 Å². The van der Waals surface area contributed by atoms with Crippen molar-refractivity contribution in [3.05, 3.63) is 24.3 Å². The minimum atomic E-state index is -0.581. The highest BCUT2D eigenvalue weighted by Gasteiger charge is 2.22. The van der Waals surface area contributed by atoms with Crippen LogP contribution in [0.5, 0.6) is 0 Å². The molecule has 4 amide bonds. The molecule has 3 N–H and O–H groups in total. The molecule has 0 saturated carbocycles. The molecule has 0 radical (unpaired) electrons. The van der Waals surface area contributed by atoms with Crippen LogP contribution in [-0.4, -0.2) is 37.0 Å². The molecule has 1 aliphatic rings. The highest BCUT2D eigenvalue weighted by Crippen LogP contribution is 2.24. The largest absolute Gasteiger partial charge is 0.374 e. The first-order chi connectivity index (χ1) is 11.0. The van der Waals surface area contributed by atoms with Gasteiger partial charge in [0.15, 0.2) is 0 Å². The lowest BCUT2D eigenvalue weighted by Crippen LogP contribution is -2.45. The average molecular weight is 318 g/mol. The van der Waals surface area contributed by atoms with Gasteiger partial charge in [-0.25, -0.2) is 4.79 Å². The van der Waals surface area contributed by atoms with Gasteiger partial charge in [-0.3, -0.25) is 14.9 Å². The molecule has 124 valence electrons. The van der Waals surface area contributed by atoms with Crippen molar-refractivity contribution in [1.82, 2.24) is 10.6 Å². The van der Waals surface area contributed by atoms with Gasteiger partial charge in [-0.15, -0.1) is 0 Å². The van der Waals surface area contributed by atoms with Crippen molar-refractivity contribution in [2.24, 2.45) is 0 Å². The summed E-state index contributed by atoms with van der Waals surface area (Å²) < 4.78 is 0. The standard InChI is InChI=1S/C16H22N4O3/c1-3-17-16(23)19-15(22)11(2)18-12-6-4-7-13(10-12)20-9-5-8-14(20)21/h4,6-7,10-11,18H,3,5,8-9H2,1-2H3,(H2,17,19,22,23). The molecule has 1 fully saturated rings. The Hall–Kier alpha value is -2.57. The van der Waals surface area contributed by atoms with Crippen LogP contribution < -0.4 is 20.9 Å². The zero-order valence-electron chi connectivity index (χ0n) is 13.4. The molecule has 1 heterocycles. The van der Waals surface area contributed by atoms with Crippen LogP contribution >= 0.6 is 0 Å². The molecule has 7 heteroatoms. The number of hydrogen-bond donors (Lipinski definition) is 3. The molecule has 1 aromatic rings. The van der Waals surface area contributed by atoms with Gasteiger partial charge in [0.1, 0.15) is 6.04 Å². The van der Waals surface area contributed by atoms with Crippen LogP contribution in [0.15, 0.2) is 24.3 Å². The van der Waals surface area contributed by atoms with Crippen molar-refractivity contribution in [2.75, 3.05) is 23.3 Å². The molecule has 1 aromatic carbocycles. The summed E-state index contributed by atoms with van der Waals surface area (Å²) in [6.45, 7) is 4.61. The van der Waals surface area contributed by atoms with Crippen molar-refractivity contribution < 1.29 is 14.4 Å². The Bertz CT molecular complexity index is 603. The van der Waals surface area contributed by atoms with Gasteiger partial charge in [-0.1, -0.05) is 6.07 Å². The van der Waals surface area contributed by atoms with E-state index in [9.17, 15) is 14.4 Å². The first-order valence-corrected chi connectivity index (χ1v) is 7.77. The highest BCUT2D eigenvalue weighted by molar-refractivity contribution is 5.98. The van der Waals surface area contributed by atoms with E-state index in [0.717, 1.165) is 24.3 Å². The van der Waals surface area contributed by atoms with Crippen molar-refractivity contribution in [2.45, 2.75) is 32.7 Å². The van der Waals surface area contributed by atoms with E-state index in [4.69, 9.17) is 0 Å². The maximum absolute atomic E-state index is 11.9. The Morgan fingerprint density at radius 1 is 1.35 bits per heavy atom. The Morgan fingerprint density at radius 2 is 2.13 bits per heavy atom. The summed E-state index contributed by atoms with van der Waals surface area (Å²) >= 11 is 0. The molecule has 7 nitrogen and oxygen atoms in total. The molecule has 1 atom stereocenters. The van der Waals surface area contributed by atoms with Gasteiger partial charge in [-0.05, 0) is 38.5 Å². The first kappa shape index (κ1) is 16.8. The number of carbonyl (C=O) groups is 3. The molecular formula is C16H22N4O3. The van der Waals surface area contributed by atoms with Crippen LogP contribution in [0.4, 0.5) is 16.2 Å². The fourth-order valence-corrected chi connectivity index (χ4v) is 2.43. The number of urea groups is 1. The molecule has 23 heavy (non-hydrogen) atoms. The van der Waals surface area contributed by atoms with Crippen LogP contribution in [0.3, 0.4) is 0 Å². The fraction of sp³-hybridized carbons (Fsp3) is 0.438. The summed E-state index contributed by atoms with van der Waals surface area (Å²) in [5, 5.41) is 7.80. The number of benzene rings is 1. The predicted molar refractivity (Wildman–Crippen MR) is 88.3 cm³/mol. The number of rotatable bonds is 5. The summed E-state index contributed by atoms with van der Waals surface area (Å²) in [6, 6.07) is 6.26. The van der Waals surface area contributed by atoms with E-state index < -0.39 is 18.0 Å². The Morgan fingerprint density at radius 3 is 2.78 bits per heavy atom. The summed E-state index contributed by atoms with van der Waals surface area (Å²) in [4.78, 5) is 36.8. The maximum Gasteiger partial charge on any atom is 0.321 e. The van der Waals surface area contributed by atoms with Crippen LogP contribution in [0, 0.1) is 0 Å².